The number of quaternary nitrogens is 2. The van der Waals surface area contributed by atoms with Crippen LogP contribution in [0.4, 0.5) is 0 Å². The number of carbonyl (C=O) groups excluding carboxylic acids is 1. The van der Waals surface area contributed by atoms with E-state index >= 15 is 0 Å². The second-order valence-corrected chi connectivity index (χ2v) is 8.41. The monoisotopic (exact) mass is 407 g/mol. The Kier molecular flexibility index (Phi) is 8.66. The lowest BCUT2D eigenvalue weighted by Crippen LogP contribution is -3.30. The van der Waals surface area contributed by atoms with Gasteiger partial charge in [0.25, 0.3) is 5.91 Å². The molecule has 0 bridgehead atoms. The van der Waals surface area contributed by atoms with E-state index in [1.807, 2.05) is 12.1 Å². The zero-order chi connectivity index (χ0) is 21.2. The molecule has 3 rings (SSSR count). The molecule has 1 aliphatic heterocycles. The van der Waals surface area contributed by atoms with Gasteiger partial charge in [0.1, 0.15) is 26.2 Å². The molecule has 0 aromatic heterocycles. The first-order chi connectivity index (χ1) is 14.7. The van der Waals surface area contributed by atoms with Gasteiger partial charge in [0.2, 0.25) is 0 Å². The Bertz CT molecular complexity index is 782. The minimum Gasteiger partial charge on any atom is -0.350 e. The summed E-state index contributed by atoms with van der Waals surface area (Å²) in [6.45, 7) is 10.4. The molecule has 2 atom stereocenters. The van der Waals surface area contributed by atoms with E-state index in [0.717, 1.165) is 45.7 Å². The van der Waals surface area contributed by atoms with Gasteiger partial charge in [-0.15, -0.1) is 0 Å². The molecule has 3 N–H and O–H groups in total. The standard InChI is InChI=1S/C26H35N3O/c1-3-24(25-14-8-5-9-15-25)21-27-26(30)22(2)29-19-17-28(18-20-29)16-10-13-23-11-6-4-7-12-23/h4-15,22,24H,3,16-21H2,1-2H3,(H,27,30)/p+2/b13-10+/t22-,24-/m1/s1. The molecule has 0 unspecified atom stereocenters. The summed E-state index contributed by atoms with van der Waals surface area (Å²) >= 11 is 0. The third-order valence-corrected chi connectivity index (χ3v) is 6.41. The number of hydrogen-bond acceptors (Lipinski definition) is 1. The van der Waals surface area contributed by atoms with Crippen molar-refractivity contribution in [2.45, 2.75) is 32.2 Å². The first-order valence-corrected chi connectivity index (χ1v) is 11.4. The fraction of sp³-hybridized carbons (Fsp3) is 0.423. The van der Waals surface area contributed by atoms with Crippen molar-refractivity contribution in [3.05, 3.63) is 77.9 Å². The zero-order valence-corrected chi connectivity index (χ0v) is 18.4. The molecule has 2 aromatic carbocycles. The molecule has 1 fully saturated rings. The fourth-order valence-corrected chi connectivity index (χ4v) is 4.27. The van der Waals surface area contributed by atoms with Crippen molar-refractivity contribution in [1.82, 2.24) is 5.32 Å². The maximum atomic E-state index is 12.8. The molecular weight excluding hydrogens is 370 g/mol. The van der Waals surface area contributed by atoms with Gasteiger partial charge in [0, 0.05) is 12.5 Å². The van der Waals surface area contributed by atoms with Crippen LogP contribution in [0.25, 0.3) is 6.08 Å². The van der Waals surface area contributed by atoms with E-state index in [-0.39, 0.29) is 11.9 Å². The number of carbonyl (C=O) groups is 1. The average molecular weight is 408 g/mol. The summed E-state index contributed by atoms with van der Waals surface area (Å²) in [7, 11) is 0. The van der Waals surface area contributed by atoms with Crippen LogP contribution >= 0.6 is 0 Å². The normalized spacial score (nSPS) is 21.3. The van der Waals surface area contributed by atoms with Crippen LogP contribution < -0.4 is 15.1 Å². The molecule has 0 radical (unpaired) electrons. The van der Waals surface area contributed by atoms with Gasteiger partial charge in [-0.2, -0.15) is 0 Å². The predicted octanol–water partition coefficient (Wildman–Crippen LogP) is 1.18. The number of hydrogen-bond donors (Lipinski definition) is 3. The van der Waals surface area contributed by atoms with Gasteiger partial charge in [-0.25, -0.2) is 0 Å². The van der Waals surface area contributed by atoms with Crippen molar-refractivity contribution in [2.75, 3.05) is 39.3 Å². The van der Waals surface area contributed by atoms with Crippen LogP contribution in [0.5, 0.6) is 0 Å². The van der Waals surface area contributed by atoms with Crippen LogP contribution in [0.2, 0.25) is 0 Å². The van der Waals surface area contributed by atoms with E-state index in [1.165, 1.54) is 16.0 Å². The summed E-state index contributed by atoms with van der Waals surface area (Å²) in [5.74, 6) is 0.571. The van der Waals surface area contributed by atoms with Gasteiger partial charge < -0.3 is 15.1 Å². The highest BCUT2D eigenvalue weighted by atomic mass is 16.2. The highest BCUT2D eigenvalue weighted by molar-refractivity contribution is 5.80. The first-order valence-electron chi connectivity index (χ1n) is 11.4. The van der Waals surface area contributed by atoms with Crippen molar-refractivity contribution in [3.8, 4) is 0 Å². The van der Waals surface area contributed by atoms with Crippen molar-refractivity contribution in [2.24, 2.45) is 0 Å². The molecule has 0 saturated carbocycles. The van der Waals surface area contributed by atoms with Crippen LogP contribution in [0.1, 0.15) is 37.3 Å². The topological polar surface area (TPSA) is 38.0 Å². The number of nitrogens with one attached hydrogen (secondary N) is 3. The number of amides is 1. The predicted molar refractivity (Wildman–Crippen MR) is 124 cm³/mol. The highest BCUT2D eigenvalue weighted by Crippen LogP contribution is 2.17. The molecule has 0 spiro atoms. The minimum atomic E-state index is 0.0136. The Morgan fingerprint density at radius 3 is 2.27 bits per heavy atom. The lowest BCUT2D eigenvalue weighted by atomic mass is 9.96. The summed E-state index contributed by atoms with van der Waals surface area (Å²) < 4.78 is 0. The third kappa shape index (κ3) is 6.54. The summed E-state index contributed by atoms with van der Waals surface area (Å²) in [5, 5.41) is 3.22. The molecule has 1 amide bonds. The van der Waals surface area contributed by atoms with Gasteiger partial charge in [0.15, 0.2) is 6.04 Å². The first kappa shape index (κ1) is 22.3. The number of piperazine rings is 1. The number of rotatable bonds is 9. The Morgan fingerprint density at radius 2 is 1.63 bits per heavy atom. The molecule has 1 aliphatic rings. The molecule has 1 saturated heterocycles. The van der Waals surface area contributed by atoms with E-state index < -0.39 is 0 Å². The minimum absolute atomic E-state index is 0.0136. The van der Waals surface area contributed by atoms with Gasteiger partial charge in [-0.3, -0.25) is 4.79 Å². The van der Waals surface area contributed by atoms with Crippen LogP contribution in [0.3, 0.4) is 0 Å². The number of benzene rings is 2. The van der Waals surface area contributed by atoms with E-state index in [4.69, 9.17) is 0 Å². The third-order valence-electron chi connectivity index (χ3n) is 6.41. The van der Waals surface area contributed by atoms with E-state index in [1.54, 1.807) is 4.90 Å². The van der Waals surface area contributed by atoms with Crippen LogP contribution in [-0.2, 0) is 4.79 Å². The quantitative estimate of drug-likeness (QED) is 0.574. The smallest absolute Gasteiger partial charge is 0.278 e. The van der Waals surface area contributed by atoms with Crippen molar-refractivity contribution < 1.29 is 14.6 Å². The second-order valence-electron chi connectivity index (χ2n) is 8.41. The lowest BCUT2D eigenvalue weighted by Gasteiger charge is -2.32. The molecular formula is C26H37N3O+2. The maximum absolute atomic E-state index is 12.8. The molecule has 160 valence electrons. The molecule has 4 nitrogen and oxygen atoms in total. The molecule has 4 heteroatoms. The SMILES string of the molecule is CC[C@H](CNC(=O)[C@@H](C)[NH+]1CC[NH+](C/C=C/c2ccccc2)CC1)c1ccccc1. The average Bonchev–Trinajstić information content (AvgIpc) is 2.81. The highest BCUT2D eigenvalue weighted by Gasteiger charge is 2.30. The van der Waals surface area contributed by atoms with Crippen molar-refractivity contribution in [3.63, 3.8) is 0 Å². The Morgan fingerprint density at radius 1 is 1.00 bits per heavy atom. The Labute approximate surface area is 181 Å². The molecule has 2 aromatic rings. The Balaban J connectivity index is 1.40. The van der Waals surface area contributed by atoms with E-state index in [2.05, 4.69) is 79.8 Å². The summed E-state index contributed by atoms with van der Waals surface area (Å²) in [5.41, 5.74) is 2.56. The van der Waals surface area contributed by atoms with Crippen LogP contribution in [0.15, 0.2) is 66.7 Å². The Hall–Kier alpha value is -2.43. The zero-order valence-electron chi connectivity index (χ0n) is 18.4. The fourth-order valence-electron chi connectivity index (χ4n) is 4.27. The van der Waals surface area contributed by atoms with E-state index in [9.17, 15) is 4.79 Å². The lowest BCUT2D eigenvalue weighted by molar-refractivity contribution is -1.02. The van der Waals surface area contributed by atoms with Crippen LogP contribution in [-0.4, -0.2) is 51.2 Å². The van der Waals surface area contributed by atoms with Crippen molar-refractivity contribution in [1.29, 1.82) is 0 Å². The van der Waals surface area contributed by atoms with E-state index in [0.29, 0.717) is 5.92 Å². The molecule has 30 heavy (non-hydrogen) atoms. The van der Waals surface area contributed by atoms with Crippen LogP contribution in [0, 0.1) is 0 Å². The largest absolute Gasteiger partial charge is 0.350 e. The van der Waals surface area contributed by atoms with Gasteiger partial charge in [0.05, 0.1) is 6.54 Å². The molecule has 1 heterocycles. The van der Waals surface area contributed by atoms with Gasteiger partial charge in [-0.1, -0.05) is 73.7 Å². The molecule has 0 aliphatic carbocycles. The maximum Gasteiger partial charge on any atom is 0.278 e. The summed E-state index contributed by atoms with van der Waals surface area (Å²) in [6, 6.07) is 21.0. The summed E-state index contributed by atoms with van der Waals surface area (Å²) in [4.78, 5) is 15.8. The summed E-state index contributed by atoms with van der Waals surface area (Å²) in [6.07, 6.45) is 5.52. The second kappa shape index (κ2) is 11.7. The van der Waals surface area contributed by atoms with Gasteiger partial charge >= 0.3 is 0 Å². The van der Waals surface area contributed by atoms with Crippen molar-refractivity contribution >= 4 is 12.0 Å². The van der Waals surface area contributed by atoms with Gasteiger partial charge in [-0.05, 0) is 30.5 Å².